The van der Waals surface area contributed by atoms with E-state index in [0.29, 0.717) is 6.54 Å². The quantitative estimate of drug-likeness (QED) is 0.754. The molecule has 0 spiro atoms. The van der Waals surface area contributed by atoms with Gasteiger partial charge in [-0.3, -0.25) is 0 Å². The SMILES string of the molecule is ClC(Cl)(Cn1ccnc1)c1ccccc1. The van der Waals surface area contributed by atoms with Gasteiger partial charge in [-0.15, -0.1) is 0 Å². The summed E-state index contributed by atoms with van der Waals surface area (Å²) in [5.41, 5.74) is 0.891. The van der Waals surface area contributed by atoms with Gasteiger partial charge in [-0.05, 0) is 5.56 Å². The summed E-state index contributed by atoms with van der Waals surface area (Å²) in [5, 5.41) is 0. The molecule has 2 aromatic rings. The van der Waals surface area contributed by atoms with Crippen LogP contribution in [0.25, 0.3) is 0 Å². The minimum absolute atomic E-state index is 0.486. The van der Waals surface area contributed by atoms with E-state index >= 15 is 0 Å². The molecule has 0 amide bonds. The van der Waals surface area contributed by atoms with E-state index in [1.165, 1.54) is 0 Å². The average Bonchev–Trinajstić information content (AvgIpc) is 2.71. The van der Waals surface area contributed by atoms with Crippen LogP contribution in [0.4, 0.5) is 0 Å². The molecule has 1 aromatic carbocycles. The molecule has 0 unspecified atom stereocenters. The van der Waals surface area contributed by atoms with Gasteiger partial charge in [-0.25, -0.2) is 4.98 Å². The third kappa shape index (κ3) is 2.52. The maximum Gasteiger partial charge on any atom is 0.160 e. The van der Waals surface area contributed by atoms with Gasteiger partial charge in [-0.1, -0.05) is 53.5 Å². The summed E-state index contributed by atoms with van der Waals surface area (Å²) in [7, 11) is 0. The Labute approximate surface area is 98.5 Å². The molecule has 1 aromatic heterocycles. The number of aromatic nitrogens is 2. The molecule has 0 radical (unpaired) electrons. The molecule has 0 atom stereocenters. The van der Waals surface area contributed by atoms with E-state index in [1.54, 1.807) is 12.5 Å². The van der Waals surface area contributed by atoms with E-state index in [0.717, 1.165) is 5.56 Å². The normalized spacial score (nSPS) is 11.6. The Bertz CT molecular complexity index is 409. The van der Waals surface area contributed by atoms with Crippen molar-refractivity contribution in [1.82, 2.24) is 9.55 Å². The van der Waals surface area contributed by atoms with E-state index in [9.17, 15) is 0 Å². The second kappa shape index (κ2) is 4.25. The summed E-state index contributed by atoms with van der Waals surface area (Å²) >= 11 is 12.5. The maximum atomic E-state index is 6.27. The lowest BCUT2D eigenvalue weighted by molar-refractivity contribution is 0.633. The third-order valence-corrected chi connectivity index (χ3v) is 2.81. The molecule has 0 aliphatic heterocycles. The van der Waals surface area contributed by atoms with Crippen molar-refractivity contribution >= 4 is 23.2 Å². The molecule has 0 saturated carbocycles. The van der Waals surface area contributed by atoms with E-state index in [2.05, 4.69) is 4.98 Å². The summed E-state index contributed by atoms with van der Waals surface area (Å²) in [6, 6.07) is 9.60. The van der Waals surface area contributed by atoms with Crippen molar-refractivity contribution in [1.29, 1.82) is 0 Å². The molecule has 0 aliphatic rings. The Kier molecular flexibility index (Phi) is 2.98. The highest BCUT2D eigenvalue weighted by atomic mass is 35.5. The van der Waals surface area contributed by atoms with Crippen LogP contribution < -0.4 is 0 Å². The molecule has 2 rings (SSSR count). The van der Waals surface area contributed by atoms with Crippen LogP contribution in [-0.4, -0.2) is 9.55 Å². The zero-order valence-corrected chi connectivity index (χ0v) is 9.49. The minimum atomic E-state index is -0.915. The number of imidazole rings is 1. The molecule has 4 heteroatoms. The lowest BCUT2D eigenvalue weighted by Gasteiger charge is -2.20. The first-order valence-electron chi connectivity index (χ1n) is 4.57. The molecule has 0 N–H and O–H groups in total. The fraction of sp³-hybridized carbons (Fsp3) is 0.182. The molecule has 0 fully saturated rings. The largest absolute Gasteiger partial charge is 0.334 e. The second-order valence-corrected chi connectivity index (χ2v) is 4.79. The van der Waals surface area contributed by atoms with Crippen molar-refractivity contribution in [2.75, 3.05) is 0 Å². The predicted molar refractivity (Wildman–Crippen MR) is 62.1 cm³/mol. The summed E-state index contributed by atoms with van der Waals surface area (Å²) in [5.74, 6) is 0. The van der Waals surface area contributed by atoms with Crippen LogP contribution in [0, 0.1) is 0 Å². The van der Waals surface area contributed by atoms with Gasteiger partial charge < -0.3 is 4.57 Å². The number of hydrogen-bond acceptors (Lipinski definition) is 1. The van der Waals surface area contributed by atoms with E-state index < -0.39 is 4.33 Å². The van der Waals surface area contributed by atoms with Crippen LogP contribution in [0.1, 0.15) is 5.56 Å². The minimum Gasteiger partial charge on any atom is -0.334 e. The van der Waals surface area contributed by atoms with Gasteiger partial charge in [0.15, 0.2) is 4.33 Å². The monoisotopic (exact) mass is 240 g/mol. The van der Waals surface area contributed by atoms with Crippen molar-refractivity contribution in [3.05, 3.63) is 54.6 Å². The van der Waals surface area contributed by atoms with Crippen LogP contribution in [-0.2, 0) is 10.9 Å². The van der Waals surface area contributed by atoms with Crippen molar-refractivity contribution in [3.8, 4) is 0 Å². The number of halogens is 2. The van der Waals surface area contributed by atoms with Crippen molar-refractivity contribution in [2.24, 2.45) is 0 Å². The van der Waals surface area contributed by atoms with Gasteiger partial charge in [0.1, 0.15) is 0 Å². The first kappa shape index (κ1) is 10.5. The van der Waals surface area contributed by atoms with Crippen LogP contribution in [0.2, 0.25) is 0 Å². The van der Waals surface area contributed by atoms with Gasteiger partial charge in [0.25, 0.3) is 0 Å². The van der Waals surface area contributed by atoms with Gasteiger partial charge in [0.05, 0.1) is 12.9 Å². The van der Waals surface area contributed by atoms with Gasteiger partial charge in [0.2, 0.25) is 0 Å². The molecule has 15 heavy (non-hydrogen) atoms. The average molecular weight is 241 g/mol. The Morgan fingerprint density at radius 3 is 2.53 bits per heavy atom. The first-order chi connectivity index (χ1) is 7.18. The van der Waals surface area contributed by atoms with Crippen LogP contribution in [0.15, 0.2) is 49.1 Å². The number of hydrogen-bond donors (Lipinski definition) is 0. The number of benzene rings is 1. The standard InChI is InChI=1S/C11H10Cl2N2/c12-11(13,8-15-7-6-14-9-15)10-4-2-1-3-5-10/h1-7,9H,8H2. The van der Waals surface area contributed by atoms with Gasteiger partial charge in [0, 0.05) is 12.4 Å². The summed E-state index contributed by atoms with van der Waals surface area (Å²) in [4.78, 5) is 3.95. The highest BCUT2D eigenvalue weighted by Gasteiger charge is 2.26. The van der Waals surface area contributed by atoms with Crippen LogP contribution >= 0.6 is 23.2 Å². The third-order valence-electron chi connectivity index (χ3n) is 2.14. The number of nitrogens with zero attached hydrogens (tertiary/aromatic N) is 2. The predicted octanol–water partition coefficient (Wildman–Crippen LogP) is 3.21. The van der Waals surface area contributed by atoms with E-state index in [-0.39, 0.29) is 0 Å². The van der Waals surface area contributed by atoms with Gasteiger partial charge in [-0.2, -0.15) is 0 Å². The zero-order chi connectivity index (χ0) is 10.7. The zero-order valence-electron chi connectivity index (χ0n) is 7.98. The van der Waals surface area contributed by atoms with E-state index in [1.807, 2.05) is 41.1 Å². The second-order valence-electron chi connectivity index (χ2n) is 3.31. The molecule has 0 saturated heterocycles. The molecule has 0 aliphatic carbocycles. The van der Waals surface area contributed by atoms with Gasteiger partial charge >= 0.3 is 0 Å². The fourth-order valence-corrected chi connectivity index (χ4v) is 1.91. The Balaban J connectivity index is 2.20. The highest BCUT2D eigenvalue weighted by molar-refractivity contribution is 6.47. The topological polar surface area (TPSA) is 17.8 Å². The van der Waals surface area contributed by atoms with Crippen molar-refractivity contribution in [3.63, 3.8) is 0 Å². The summed E-state index contributed by atoms with van der Waals surface area (Å²) < 4.78 is 0.939. The number of alkyl halides is 2. The summed E-state index contributed by atoms with van der Waals surface area (Å²) in [6.07, 6.45) is 5.24. The maximum absolute atomic E-state index is 6.27. The summed E-state index contributed by atoms with van der Waals surface area (Å²) in [6.45, 7) is 0.486. The lowest BCUT2D eigenvalue weighted by Crippen LogP contribution is -2.17. The molecular formula is C11H10Cl2N2. The van der Waals surface area contributed by atoms with Crippen molar-refractivity contribution < 1.29 is 0 Å². The Hall–Kier alpha value is -0.990. The lowest BCUT2D eigenvalue weighted by atomic mass is 10.1. The Morgan fingerprint density at radius 1 is 1.20 bits per heavy atom. The fourth-order valence-electron chi connectivity index (χ4n) is 1.38. The van der Waals surface area contributed by atoms with E-state index in [4.69, 9.17) is 23.2 Å². The van der Waals surface area contributed by atoms with Crippen LogP contribution in [0.3, 0.4) is 0 Å². The molecule has 78 valence electrons. The molecule has 2 nitrogen and oxygen atoms in total. The van der Waals surface area contributed by atoms with Crippen LogP contribution in [0.5, 0.6) is 0 Å². The van der Waals surface area contributed by atoms with Crippen molar-refractivity contribution in [2.45, 2.75) is 10.9 Å². The molecular weight excluding hydrogens is 231 g/mol. The Morgan fingerprint density at radius 2 is 1.93 bits per heavy atom. The highest BCUT2D eigenvalue weighted by Crippen LogP contribution is 2.35. The molecule has 0 bridgehead atoms. The number of rotatable bonds is 3. The molecule has 1 heterocycles. The first-order valence-corrected chi connectivity index (χ1v) is 5.33. The smallest absolute Gasteiger partial charge is 0.160 e.